The average molecular weight is 498 g/mol. The molecule has 0 aliphatic carbocycles. The van der Waals surface area contributed by atoms with Crippen LogP contribution in [0.15, 0.2) is 47.5 Å². The highest BCUT2D eigenvalue weighted by atomic mass is 35.5. The first-order chi connectivity index (χ1) is 16.7. The van der Waals surface area contributed by atoms with Gasteiger partial charge in [-0.25, -0.2) is 23.7 Å². The molecule has 4 aromatic rings. The van der Waals surface area contributed by atoms with Crippen LogP contribution < -0.4 is 10.3 Å². The highest BCUT2D eigenvalue weighted by molar-refractivity contribution is 6.31. The smallest absolute Gasteiger partial charge is 0.279 e. The molecule has 0 bridgehead atoms. The van der Waals surface area contributed by atoms with Gasteiger partial charge in [0, 0.05) is 29.9 Å². The van der Waals surface area contributed by atoms with E-state index in [9.17, 15) is 13.6 Å². The van der Waals surface area contributed by atoms with Crippen LogP contribution in [0.1, 0.15) is 42.5 Å². The fraction of sp³-hybridized carbons (Fsp3) is 0.240. The summed E-state index contributed by atoms with van der Waals surface area (Å²) in [5, 5.41) is -0.200. The number of nitrogens with zero attached hydrogens (tertiary/aromatic N) is 5. The lowest BCUT2D eigenvalue weighted by Crippen LogP contribution is -2.23. The van der Waals surface area contributed by atoms with E-state index in [1.54, 1.807) is 25.3 Å². The minimum atomic E-state index is -0.854. The van der Waals surface area contributed by atoms with Crippen molar-refractivity contribution in [3.8, 4) is 23.0 Å². The fourth-order valence-electron chi connectivity index (χ4n) is 3.43. The van der Waals surface area contributed by atoms with Crippen LogP contribution in [0.5, 0.6) is 5.75 Å². The van der Waals surface area contributed by atoms with E-state index in [-0.39, 0.29) is 29.0 Å². The Morgan fingerprint density at radius 3 is 2.51 bits per heavy atom. The zero-order valence-corrected chi connectivity index (χ0v) is 20.3. The molecule has 0 radical (unpaired) electrons. The van der Waals surface area contributed by atoms with Gasteiger partial charge in [-0.1, -0.05) is 31.5 Å². The maximum atomic E-state index is 13.9. The van der Waals surface area contributed by atoms with E-state index in [1.807, 2.05) is 32.9 Å². The maximum Gasteiger partial charge on any atom is 0.279 e. The van der Waals surface area contributed by atoms with E-state index in [0.29, 0.717) is 34.8 Å². The van der Waals surface area contributed by atoms with Gasteiger partial charge in [0.25, 0.3) is 5.56 Å². The van der Waals surface area contributed by atoms with Gasteiger partial charge in [-0.15, -0.1) is 0 Å². The van der Waals surface area contributed by atoms with Crippen molar-refractivity contribution in [1.82, 2.24) is 24.5 Å². The molecule has 0 fully saturated rings. The van der Waals surface area contributed by atoms with Gasteiger partial charge in [-0.05, 0) is 31.5 Å². The Morgan fingerprint density at radius 1 is 1.06 bits per heavy atom. The third-order valence-corrected chi connectivity index (χ3v) is 5.63. The molecule has 180 valence electrons. The summed E-state index contributed by atoms with van der Waals surface area (Å²) >= 11 is 6.34. The normalized spacial score (nSPS) is 11.2. The topological polar surface area (TPSA) is 82.8 Å². The molecule has 0 amide bonds. The molecule has 0 N–H and O–H groups in total. The largest absolute Gasteiger partial charge is 0.485 e. The second-order valence-electron chi connectivity index (χ2n) is 8.27. The molecule has 7 nitrogen and oxygen atoms in total. The molecule has 4 heterocycles. The second kappa shape index (κ2) is 9.87. The van der Waals surface area contributed by atoms with Gasteiger partial charge < -0.3 is 4.74 Å². The molecule has 0 saturated heterocycles. The SMILES string of the molecule is Cc1ccc(-c2ccnc(C(C)C)n2)nc1-n1c(C)cc(OCc2ncc(F)cc2F)c(Cl)c1=O. The summed E-state index contributed by atoms with van der Waals surface area (Å²) < 4.78 is 33.9. The third-order valence-electron chi connectivity index (χ3n) is 5.28. The van der Waals surface area contributed by atoms with Crippen LogP contribution in [0.3, 0.4) is 0 Å². The first-order valence-electron chi connectivity index (χ1n) is 10.8. The molecular weight excluding hydrogens is 476 g/mol. The summed E-state index contributed by atoms with van der Waals surface area (Å²) in [6.45, 7) is 7.22. The number of pyridine rings is 3. The Kier molecular flexibility index (Phi) is 6.88. The van der Waals surface area contributed by atoms with Crippen LogP contribution in [0.2, 0.25) is 5.02 Å². The van der Waals surface area contributed by atoms with Crippen LogP contribution in [-0.4, -0.2) is 24.5 Å². The van der Waals surface area contributed by atoms with Crippen LogP contribution in [-0.2, 0) is 6.61 Å². The maximum absolute atomic E-state index is 13.9. The van der Waals surface area contributed by atoms with Crippen molar-refractivity contribution in [2.24, 2.45) is 0 Å². The van der Waals surface area contributed by atoms with E-state index in [0.717, 1.165) is 11.8 Å². The summed E-state index contributed by atoms with van der Waals surface area (Å²) in [6, 6.07) is 7.70. The lowest BCUT2D eigenvalue weighted by molar-refractivity contribution is 0.292. The minimum Gasteiger partial charge on any atom is -0.485 e. The number of halogens is 3. The van der Waals surface area contributed by atoms with Gasteiger partial charge in [0.1, 0.15) is 40.5 Å². The number of hydrogen-bond donors (Lipinski definition) is 0. The van der Waals surface area contributed by atoms with Gasteiger partial charge in [0.15, 0.2) is 5.82 Å². The Balaban J connectivity index is 1.71. The zero-order valence-electron chi connectivity index (χ0n) is 19.5. The molecule has 0 aliphatic heterocycles. The van der Waals surface area contributed by atoms with E-state index in [1.165, 1.54) is 4.57 Å². The van der Waals surface area contributed by atoms with Gasteiger partial charge in [0.05, 0.1) is 17.6 Å². The average Bonchev–Trinajstić information content (AvgIpc) is 2.82. The van der Waals surface area contributed by atoms with E-state index in [2.05, 4.69) is 15.0 Å². The molecule has 4 rings (SSSR count). The van der Waals surface area contributed by atoms with Crippen LogP contribution in [0, 0.1) is 25.5 Å². The van der Waals surface area contributed by atoms with E-state index in [4.69, 9.17) is 21.3 Å². The molecule has 4 aromatic heterocycles. The van der Waals surface area contributed by atoms with Crippen molar-refractivity contribution >= 4 is 11.6 Å². The predicted molar refractivity (Wildman–Crippen MR) is 128 cm³/mol. The molecule has 0 aliphatic rings. The van der Waals surface area contributed by atoms with Crippen LogP contribution >= 0.6 is 11.6 Å². The Morgan fingerprint density at radius 2 is 1.80 bits per heavy atom. The van der Waals surface area contributed by atoms with Crippen LogP contribution in [0.4, 0.5) is 8.78 Å². The molecule has 0 aromatic carbocycles. The zero-order chi connectivity index (χ0) is 25.3. The number of hydrogen-bond acceptors (Lipinski definition) is 6. The van der Waals surface area contributed by atoms with Gasteiger partial charge in [-0.3, -0.25) is 14.3 Å². The monoisotopic (exact) mass is 497 g/mol. The van der Waals surface area contributed by atoms with E-state index < -0.39 is 17.2 Å². The van der Waals surface area contributed by atoms with Gasteiger partial charge in [0.2, 0.25) is 0 Å². The molecule has 0 spiro atoms. The summed E-state index contributed by atoms with van der Waals surface area (Å²) in [6.07, 6.45) is 2.56. The predicted octanol–water partition coefficient (Wildman–Crippen LogP) is 5.34. The van der Waals surface area contributed by atoms with Crippen molar-refractivity contribution in [2.75, 3.05) is 0 Å². The Bertz CT molecular complexity index is 1470. The molecule has 0 atom stereocenters. The summed E-state index contributed by atoms with van der Waals surface area (Å²) in [5.74, 6) is -0.356. The first kappa shape index (κ1) is 24.4. The fourth-order valence-corrected chi connectivity index (χ4v) is 3.62. The number of aromatic nitrogens is 5. The first-order valence-corrected chi connectivity index (χ1v) is 11.2. The summed E-state index contributed by atoms with van der Waals surface area (Å²) in [7, 11) is 0. The summed E-state index contributed by atoms with van der Waals surface area (Å²) in [5.41, 5.74) is 1.80. The Hall–Kier alpha value is -3.72. The van der Waals surface area contributed by atoms with Gasteiger partial charge in [-0.2, -0.15) is 0 Å². The lowest BCUT2D eigenvalue weighted by atomic mass is 10.1. The molecule has 10 heteroatoms. The van der Waals surface area contributed by atoms with Crippen LogP contribution in [0.25, 0.3) is 17.2 Å². The van der Waals surface area contributed by atoms with Crippen molar-refractivity contribution < 1.29 is 13.5 Å². The highest BCUT2D eigenvalue weighted by Crippen LogP contribution is 2.26. The molecule has 0 unspecified atom stereocenters. The van der Waals surface area contributed by atoms with Crippen molar-refractivity contribution in [3.05, 3.63) is 92.5 Å². The standard InChI is InChI=1S/C25H22ClF2N5O2/c1-13(2)23-29-8-7-19(31-23)18-6-5-14(3)24(32-18)33-15(4)9-21(22(26)25(33)34)35-12-20-17(28)10-16(27)11-30-20/h5-11,13H,12H2,1-4H3. The van der Waals surface area contributed by atoms with Crippen molar-refractivity contribution in [1.29, 1.82) is 0 Å². The van der Waals surface area contributed by atoms with Crippen molar-refractivity contribution in [3.63, 3.8) is 0 Å². The number of rotatable bonds is 6. The minimum absolute atomic E-state index is 0.0575. The molecule has 0 saturated carbocycles. The van der Waals surface area contributed by atoms with Crippen molar-refractivity contribution in [2.45, 2.75) is 40.2 Å². The summed E-state index contributed by atoms with van der Waals surface area (Å²) in [4.78, 5) is 30.5. The molecular formula is C25H22ClF2N5O2. The quantitative estimate of drug-likeness (QED) is 0.358. The highest BCUT2D eigenvalue weighted by Gasteiger charge is 2.18. The number of aryl methyl sites for hydroxylation is 2. The third kappa shape index (κ3) is 5.05. The second-order valence-corrected chi connectivity index (χ2v) is 8.64. The van der Waals surface area contributed by atoms with Gasteiger partial charge >= 0.3 is 0 Å². The lowest BCUT2D eigenvalue weighted by Gasteiger charge is -2.16. The van der Waals surface area contributed by atoms with E-state index >= 15 is 0 Å². The number of ether oxygens (including phenoxy) is 1. The Labute approximate surface area is 205 Å². The molecule has 35 heavy (non-hydrogen) atoms.